The number of hydrogen-bond acceptors (Lipinski definition) is 4. The van der Waals surface area contributed by atoms with E-state index in [-0.39, 0.29) is 10.8 Å². The highest BCUT2D eigenvalue weighted by Crippen LogP contribution is 2.55. The largest absolute Gasteiger partial charge is 0.455 e. The van der Waals surface area contributed by atoms with Gasteiger partial charge in [-0.2, -0.15) is 0 Å². The third-order valence-corrected chi connectivity index (χ3v) is 24.6. The van der Waals surface area contributed by atoms with E-state index < -0.39 is 0 Å². The number of nitrogens with zero attached hydrogens (tertiary/aromatic N) is 2. The van der Waals surface area contributed by atoms with Gasteiger partial charge in [-0.1, -0.05) is 367 Å². The van der Waals surface area contributed by atoms with E-state index in [0.717, 1.165) is 111 Å². The molecule has 2 heterocycles. The number of fused-ring (bicyclic) bond motifs is 12. The van der Waals surface area contributed by atoms with Gasteiger partial charge >= 0.3 is 0 Å². The molecule has 118 heavy (non-hydrogen) atoms. The van der Waals surface area contributed by atoms with Crippen molar-refractivity contribution < 1.29 is 8.83 Å². The molecule has 20 aromatic rings. The van der Waals surface area contributed by atoms with Gasteiger partial charge < -0.3 is 18.6 Å². The Bertz CT molecular complexity index is 7170. The number of para-hydroxylation sites is 2. The maximum atomic E-state index is 6.76. The molecule has 0 saturated carbocycles. The molecule has 4 heteroatoms. The lowest BCUT2D eigenvalue weighted by atomic mass is 9.82. The molecule has 2 aliphatic carbocycles. The van der Waals surface area contributed by atoms with Crippen LogP contribution in [-0.2, 0) is 10.8 Å². The molecule has 0 spiro atoms. The molecule has 0 bridgehead atoms. The summed E-state index contributed by atoms with van der Waals surface area (Å²) in [5, 5.41) is 4.38. The van der Waals surface area contributed by atoms with Gasteiger partial charge in [0, 0.05) is 77.5 Å². The summed E-state index contributed by atoms with van der Waals surface area (Å²) in [6.45, 7) is 9.42. The summed E-state index contributed by atoms with van der Waals surface area (Å²) in [5.74, 6) is 0. The fourth-order valence-electron chi connectivity index (χ4n) is 18.5. The Morgan fingerprint density at radius 3 is 0.898 bits per heavy atom. The Labute approximate surface area is 688 Å². The van der Waals surface area contributed by atoms with E-state index in [9.17, 15) is 0 Å². The van der Waals surface area contributed by atoms with Crippen LogP contribution in [-0.4, -0.2) is 0 Å². The minimum absolute atomic E-state index is 0.139. The summed E-state index contributed by atoms with van der Waals surface area (Å²) in [7, 11) is 0. The second kappa shape index (κ2) is 29.2. The number of hydrogen-bond donors (Lipinski definition) is 0. The minimum atomic E-state index is -0.163. The van der Waals surface area contributed by atoms with Gasteiger partial charge in [0.1, 0.15) is 22.3 Å². The van der Waals surface area contributed by atoms with Crippen molar-refractivity contribution in [1.29, 1.82) is 0 Å². The topological polar surface area (TPSA) is 32.8 Å². The van der Waals surface area contributed by atoms with E-state index >= 15 is 0 Å². The van der Waals surface area contributed by atoms with Crippen molar-refractivity contribution in [3.05, 3.63) is 447 Å². The third kappa shape index (κ3) is 12.6. The highest BCUT2D eigenvalue weighted by molar-refractivity contribution is 6.14. The van der Waals surface area contributed by atoms with Crippen LogP contribution in [0.4, 0.5) is 34.1 Å². The van der Waals surface area contributed by atoms with Crippen molar-refractivity contribution >= 4 is 78.0 Å². The third-order valence-electron chi connectivity index (χ3n) is 24.6. The van der Waals surface area contributed by atoms with Crippen LogP contribution < -0.4 is 9.80 Å². The predicted molar refractivity (Wildman–Crippen MR) is 495 cm³/mol. The second-order valence-corrected chi connectivity index (χ2v) is 32.2. The summed E-state index contributed by atoms with van der Waals surface area (Å²) < 4.78 is 13.5. The monoisotopic (exact) mass is 1510 g/mol. The van der Waals surface area contributed by atoms with E-state index in [2.05, 4.69) is 456 Å². The molecule has 560 valence electrons. The average molecular weight is 1510 g/mol. The van der Waals surface area contributed by atoms with Gasteiger partial charge in [-0.05, 0) is 202 Å². The Hall–Kier alpha value is -14.8. The van der Waals surface area contributed by atoms with Gasteiger partial charge in [-0.15, -0.1) is 0 Å². The Morgan fingerprint density at radius 1 is 0.178 bits per heavy atom. The van der Waals surface area contributed by atoms with Gasteiger partial charge in [-0.25, -0.2) is 0 Å². The molecule has 18 aromatic carbocycles. The minimum Gasteiger partial charge on any atom is -0.455 e. The standard InChI is InChI=1S/2C57H41NO/c1-57(2)52-24-14-12-22-46(52)47-32-31-44(37-53(47)57)58(54-33-30-43(39-18-8-4-9-19-39)34-49(54)41-20-10-5-11-21-41)45-35-50(56-51(36-45)48-23-13-15-25-55(48)59-56)42-28-26-40(27-29-42)38-16-6-3-7-17-38;1-57(2)53-19-11-9-17-48(53)49-34-33-46(37-54(49)57)58(45-31-29-43(30-32-45)42-23-21-40(22-24-42)38-13-5-3-6-14-38)47-35-51(56-52(36-47)50-18-10-12-20-55(50)59-56)44-27-25-41(26-28-44)39-15-7-4-8-16-39/h2*3-37H,1-2H3. The van der Waals surface area contributed by atoms with E-state index in [1.807, 2.05) is 6.07 Å². The SMILES string of the molecule is CC1(C)c2ccccc2-c2ccc(N(c3cc(-c4ccc(-c5ccccc5)cc4)c4oc5ccccc5c4c3)c3ccc(-c4ccccc4)cc3-c3ccccc3)cc21.CC1(C)c2ccccc2-c2ccc(N(c3ccc(-c4ccc(-c5ccccc5)cc4)cc3)c3cc(-c4ccc(-c5ccccc5)cc4)c4oc5ccccc5c4c3)cc21. The van der Waals surface area contributed by atoms with E-state index in [1.165, 1.54) is 100 Å². The van der Waals surface area contributed by atoms with Crippen LogP contribution in [0.1, 0.15) is 49.9 Å². The first-order valence-corrected chi connectivity index (χ1v) is 40.8. The molecule has 0 aliphatic heterocycles. The molecule has 22 rings (SSSR count). The molecule has 4 nitrogen and oxygen atoms in total. The predicted octanol–water partition coefficient (Wildman–Crippen LogP) is 32.1. The summed E-state index contributed by atoms with van der Waals surface area (Å²) in [4.78, 5) is 4.89. The highest BCUT2D eigenvalue weighted by atomic mass is 16.3. The fourth-order valence-corrected chi connectivity index (χ4v) is 18.5. The summed E-state index contributed by atoms with van der Waals surface area (Å²) in [6, 6.07) is 154. The molecule has 2 aliphatic rings. The number of rotatable bonds is 14. The van der Waals surface area contributed by atoms with Crippen LogP contribution in [0.5, 0.6) is 0 Å². The second-order valence-electron chi connectivity index (χ2n) is 32.2. The van der Waals surface area contributed by atoms with Crippen LogP contribution >= 0.6 is 0 Å². The summed E-state index contributed by atoms with van der Waals surface area (Å²) in [5.41, 5.74) is 38.9. The van der Waals surface area contributed by atoms with Crippen molar-refractivity contribution in [3.8, 4) is 111 Å². The summed E-state index contributed by atoms with van der Waals surface area (Å²) >= 11 is 0. The number of benzene rings is 18. The molecule has 0 radical (unpaired) electrons. The lowest BCUT2D eigenvalue weighted by Gasteiger charge is -2.30. The maximum absolute atomic E-state index is 6.76. The first-order valence-electron chi connectivity index (χ1n) is 40.8. The zero-order valence-corrected chi connectivity index (χ0v) is 66.1. The molecule has 2 aromatic heterocycles. The number of furan rings is 2. The average Bonchev–Trinajstić information content (AvgIpc) is 1.56. The molecule has 0 N–H and O–H groups in total. The van der Waals surface area contributed by atoms with Crippen LogP contribution in [0.3, 0.4) is 0 Å². The first kappa shape index (κ1) is 71.0. The van der Waals surface area contributed by atoms with Crippen LogP contribution in [0.2, 0.25) is 0 Å². The zero-order valence-electron chi connectivity index (χ0n) is 66.1. The van der Waals surface area contributed by atoms with Crippen molar-refractivity contribution in [1.82, 2.24) is 0 Å². The normalized spacial score (nSPS) is 12.7. The van der Waals surface area contributed by atoms with Crippen molar-refractivity contribution in [3.63, 3.8) is 0 Å². The first-order chi connectivity index (χ1) is 58.0. The van der Waals surface area contributed by atoms with Gasteiger partial charge in [0.25, 0.3) is 0 Å². The lowest BCUT2D eigenvalue weighted by Crippen LogP contribution is -2.17. The Morgan fingerprint density at radius 2 is 0.475 bits per heavy atom. The quantitative estimate of drug-likeness (QED) is 0.109. The Balaban J connectivity index is 0.000000147. The molecule has 0 amide bonds. The van der Waals surface area contributed by atoms with Gasteiger partial charge in [0.2, 0.25) is 0 Å². The zero-order chi connectivity index (χ0) is 79.0. The van der Waals surface area contributed by atoms with E-state index in [4.69, 9.17) is 8.83 Å². The number of anilines is 6. The molecular weight excluding hydrogens is 1430 g/mol. The van der Waals surface area contributed by atoms with Crippen LogP contribution in [0, 0.1) is 0 Å². The smallest absolute Gasteiger partial charge is 0.143 e. The highest BCUT2D eigenvalue weighted by Gasteiger charge is 2.38. The molecule has 0 saturated heterocycles. The maximum Gasteiger partial charge on any atom is 0.143 e. The van der Waals surface area contributed by atoms with Gasteiger partial charge in [-0.3, -0.25) is 0 Å². The van der Waals surface area contributed by atoms with Crippen molar-refractivity contribution in [2.24, 2.45) is 0 Å². The van der Waals surface area contributed by atoms with Gasteiger partial charge in [0.15, 0.2) is 0 Å². The van der Waals surface area contributed by atoms with E-state index in [0.29, 0.717) is 0 Å². The summed E-state index contributed by atoms with van der Waals surface area (Å²) in [6.07, 6.45) is 0. The van der Waals surface area contributed by atoms with E-state index in [1.54, 1.807) is 0 Å². The van der Waals surface area contributed by atoms with Crippen LogP contribution in [0.25, 0.3) is 155 Å². The lowest BCUT2D eigenvalue weighted by molar-refractivity contribution is 0.660. The van der Waals surface area contributed by atoms with Crippen molar-refractivity contribution in [2.75, 3.05) is 9.80 Å². The van der Waals surface area contributed by atoms with Gasteiger partial charge in [0.05, 0.1) is 5.69 Å². The Kier molecular flexibility index (Phi) is 17.6. The molecule has 0 unspecified atom stereocenters. The molecule has 0 atom stereocenters. The van der Waals surface area contributed by atoms with Crippen LogP contribution in [0.15, 0.2) is 433 Å². The fraction of sp³-hybridized carbons (Fsp3) is 0.0526. The molecule has 0 fully saturated rings. The van der Waals surface area contributed by atoms with Crippen molar-refractivity contribution in [2.45, 2.75) is 38.5 Å². The molecular formula is C114H82N2O2.